The van der Waals surface area contributed by atoms with E-state index >= 15 is 0 Å². The normalized spacial score (nSPS) is 31.2. The lowest BCUT2D eigenvalue weighted by molar-refractivity contribution is 0.107. The predicted octanol–water partition coefficient (Wildman–Crippen LogP) is 1.94. The summed E-state index contributed by atoms with van der Waals surface area (Å²) in [6.07, 6.45) is 9.94. The Labute approximate surface area is 115 Å². The number of hydrogen-bond donors (Lipinski definition) is 2. The summed E-state index contributed by atoms with van der Waals surface area (Å²) in [6, 6.07) is 0.490. The Morgan fingerprint density at radius 2 is 2.11 bits per heavy atom. The molecule has 106 valence electrons. The van der Waals surface area contributed by atoms with Crippen molar-refractivity contribution >= 4 is 0 Å². The fourth-order valence-corrected chi connectivity index (χ4v) is 3.58. The van der Waals surface area contributed by atoms with Crippen LogP contribution in [0, 0.1) is 5.92 Å². The smallest absolute Gasteiger partial charge is 0.0540 e. The summed E-state index contributed by atoms with van der Waals surface area (Å²) in [5, 5.41) is 17.7. The number of aliphatic hydroxyl groups is 1. The predicted molar refractivity (Wildman–Crippen MR) is 74.9 cm³/mol. The van der Waals surface area contributed by atoms with Gasteiger partial charge in [-0.15, -0.1) is 0 Å². The molecule has 2 N–H and O–H groups in total. The van der Waals surface area contributed by atoms with Crippen molar-refractivity contribution in [3.8, 4) is 0 Å². The first kappa shape index (κ1) is 13.1. The fourth-order valence-electron chi connectivity index (χ4n) is 3.58. The zero-order valence-electron chi connectivity index (χ0n) is 11.8. The highest BCUT2D eigenvalue weighted by atomic mass is 16.3. The van der Waals surface area contributed by atoms with Crippen LogP contribution >= 0.6 is 0 Å². The number of nitrogens with zero attached hydrogens (tertiary/aromatic N) is 2. The van der Waals surface area contributed by atoms with Gasteiger partial charge in [-0.2, -0.15) is 5.10 Å². The van der Waals surface area contributed by atoms with Gasteiger partial charge in [-0.25, -0.2) is 0 Å². The average molecular weight is 263 g/mol. The molecule has 0 aromatic carbocycles. The molecule has 0 radical (unpaired) electrons. The van der Waals surface area contributed by atoms with Crippen LogP contribution in [-0.2, 0) is 13.5 Å². The van der Waals surface area contributed by atoms with E-state index in [-0.39, 0.29) is 6.10 Å². The summed E-state index contributed by atoms with van der Waals surface area (Å²) in [5.74, 6) is 0.741. The second kappa shape index (κ2) is 5.63. The Hall–Kier alpha value is -0.870. The van der Waals surface area contributed by atoms with Crippen molar-refractivity contribution < 1.29 is 5.11 Å². The molecule has 1 aromatic rings. The lowest BCUT2D eigenvalue weighted by Crippen LogP contribution is -2.32. The molecular formula is C15H25N3O. The largest absolute Gasteiger partial charge is 0.393 e. The monoisotopic (exact) mass is 263 g/mol. The Balaban J connectivity index is 1.56. The van der Waals surface area contributed by atoms with Crippen LogP contribution in [0.25, 0.3) is 0 Å². The van der Waals surface area contributed by atoms with Crippen molar-refractivity contribution in [2.24, 2.45) is 13.0 Å². The van der Waals surface area contributed by atoms with E-state index in [1.165, 1.54) is 43.4 Å². The molecule has 1 aromatic heterocycles. The minimum Gasteiger partial charge on any atom is -0.393 e. The van der Waals surface area contributed by atoms with Gasteiger partial charge in [-0.1, -0.05) is 0 Å². The van der Waals surface area contributed by atoms with E-state index in [1.807, 2.05) is 17.9 Å². The minimum atomic E-state index is -0.0455. The molecular weight excluding hydrogens is 238 g/mol. The number of aromatic nitrogens is 2. The second-order valence-electron chi connectivity index (χ2n) is 6.20. The third kappa shape index (κ3) is 2.84. The molecule has 0 saturated heterocycles. The molecule has 0 aliphatic heterocycles. The second-order valence-corrected chi connectivity index (χ2v) is 6.20. The summed E-state index contributed by atoms with van der Waals surface area (Å²) in [6.45, 7) is 1.09. The fraction of sp³-hybridized carbons (Fsp3) is 0.800. The first-order valence-electron chi connectivity index (χ1n) is 7.66. The van der Waals surface area contributed by atoms with Crippen LogP contribution < -0.4 is 5.32 Å². The van der Waals surface area contributed by atoms with E-state index in [4.69, 9.17) is 0 Å². The van der Waals surface area contributed by atoms with Gasteiger partial charge in [0.2, 0.25) is 0 Å². The molecule has 3 rings (SSSR count). The summed E-state index contributed by atoms with van der Waals surface area (Å²) in [7, 11) is 2.05. The van der Waals surface area contributed by atoms with Gasteiger partial charge in [-0.3, -0.25) is 4.68 Å². The molecule has 1 fully saturated rings. The Morgan fingerprint density at radius 1 is 1.32 bits per heavy atom. The number of aryl methyl sites for hydroxylation is 1. The zero-order chi connectivity index (χ0) is 13.2. The van der Waals surface area contributed by atoms with Crippen molar-refractivity contribution in [2.45, 2.75) is 57.1 Å². The molecule has 2 aliphatic carbocycles. The molecule has 1 unspecified atom stereocenters. The van der Waals surface area contributed by atoms with Crippen molar-refractivity contribution in [2.75, 3.05) is 6.54 Å². The first-order valence-corrected chi connectivity index (χ1v) is 7.66. The van der Waals surface area contributed by atoms with Crippen LogP contribution in [0.4, 0.5) is 0 Å². The lowest BCUT2D eigenvalue weighted by atomic mass is 9.86. The molecule has 1 saturated carbocycles. The highest BCUT2D eigenvalue weighted by molar-refractivity contribution is 5.24. The van der Waals surface area contributed by atoms with E-state index in [0.717, 1.165) is 25.3 Å². The first-order chi connectivity index (χ1) is 9.24. The Morgan fingerprint density at radius 3 is 2.89 bits per heavy atom. The molecule has 0 spiro atoms. The summed E-state index contributed by atoms with van der Waals surface area (Å²) in [4.78, 5) is 0. The van der Waals surface area contributed by atoms with Crippen molar-refractivity contribution in [1.29, 1.82) is 0 Å². The van der Waals surface area contributed by atoms with Crippen LogP contribution in [0.2, 0.25) is 0 Å². The van der Waals surface area contributed by atoms with Gasteiger partial charge in [0, 0.05) is 24.3 Å². The van der Waals surface area contributed by atoms with Gasteiger partial charge in [0.1, 0.15) is 0 Å². The highest BCUT2D eigenvalue weighted by Crippen LogP contribution is 2.30. The quantitative estimate of drug-likeness (QED) is 0.876. The average Bonchev–Trinajstić information content (AvgIpc) is 2.81. The molecule has 1 heterocycles. The maximum absolute atomic E-state index is 9.55. The molecule has 4 nitrogen and oxygen atoms in total. The third-order valence-electron chi connectivity index (χ3n) is 4.84. The molecule has 4 heteroatoms. The molecule has 19 heavy (non-hydrogen) atoms. The topological polar surface area (TPSA) is 50.1 Å². The summed E-state index contributed by atoms with van der Waals surface area (Å²) < 4.78 is 2.03. The van der Waals surface area contributed by atoms with Gasteiger partial charge in [0.05, 0.1) is 12.3 Å². The number of aliphatic hydroxyl groups excluding tert-OH is 1. The number of rotatable bonds is 3. The SMILES string of the molecule is Cn1ncc2c1CCCC2NCC1CCC(O)CC1. The Kier molecular flexibility index (Phi) is 3.89. The molecule has 0 amide bonds. The van der Waals surface area contributed by atoms with Gasteiger partial charge in [0.25, 0.3) is 0 Å². The van der Waals surface area contributed by atoms with Crippen LogP contribution in [-0.4, -0.2) is 27.5 Å². The van der Waals surface area contributed by atoms with Gasteiger partial charge >= 0.3 is 0 Å². The third-order valence-corrected chi connectivity index (χ3v) is 4.84. The lowest BCUT2D eigenvalue weighted by Gasteiger charge is -2.29. The summed E-state index contributed by atoms with van der Waals surface area (Å²) in [5.41, 5.74) is 2.81. The van der Waals surface area contributed by atoms with Crippen LogP contribution in [0.5, 0.6) is 0 Å². The number of nitrogens with one attached hydrogen (secondary N) is 1. The van der Waals surface area contributed by atoms with Gasteiger partial charge < -0.3 is 10.4 Å². The van der Waals surface area contributed by atoms with Crippen molar-refractivity contribution in [1.82, 2.24) is 15.1 Å². The maximum Gasteiger partial charge on any atom is 0.0540 e. The number of hydrogen-bond acceptors (Lipinski definition) is 3. The minimum absolute atomic E-state index is 0.0455. The van der Waals surface area contributed by atoms with Gasteiger partial charge in [0.15, 0.2) is 0 Å². The van der Waals surface area contributed by atoms with Gasteiger partial charge in [-0.05, 0) is 57.4 Å². The van der Waals surface area contributed by atoms with Crippen LogP contribution in [0.3, 0.4) is 0 Å². The van der Waals surface area contributed by atoms with E-state index in [1.54, 1.807) is 0 Å². The summed E-state index contributed by atoms with van der Waals surface area (Å²) >= 11 is 0. The molecule has 2 aliphatic rings. The molecule has 0 bridgehead atoms. The maximum atomic E-state index is 9.55. The molecule has 1 atom stereocenters. The number of fused-ring (bicyclic) bond motifs is 1. The van der Waals surface area contributed by atoms with E-state index < -0.39 is 0 Å². The zero-order valence-corrected chi connectivity index (χ0v) is 11.8. The van der Waals surface area contributed by atoms with E-state index in [2.05, 4.69) is 10.4 Å². The highest BCUT2D eigenvalue weighted by Gasteiger charge is 2.25. The van der Waals surface area contributed by atoms with Crippen molar-refractivity contribution in [3.63, 3.8) is 0 Å². The van der Waals surface area contributed by atoms with Crippen LogP contribution in [0.15, 0.2) is 6.20 Å². The van der Waals surface area contributed by atoms with E-state index in [0.29, 0.717) is 6.04 Å². The van der Waals surface area contributed by atoms with Crippen LogP contribution in [0.1, 0.15) is 55.8 Å². The Bertz CT molecular complexity index is 421. The van der Waals surface area contributed by atoms with E-state index in [9.17, 15) is 5.11 Å². The van der Waals surface area contributed by atoms with Crippen molar-refractivity contribution in [3.05, 3.63) is 17.5 Å². The standard InChI is InChI=1S/C15H25N3O/c1-18-15-4-2-3-14(13(15)10-17-18)16-9-11-5-7-12(19)8-6-11/h10-12,14,16,19H,2-9H2,1H3.